The van der Waals surface area contributed by atoms with Gasteiger partial charge in [0.25, 0.3) is 0 Å². The molecule has 154 valence electrons. The molecular formula is C19H19BrCl2N4O2S. The van der Waals surface area contributed by atoms with Crippen LogP contribution in [0, 0.1) is 4.77 Å². The number of hydrogen-bond acceptors (Lipinski definition) is 5. The SMILES string of the molecule is CCc1n[nH]c(=S)n1NCc1cc(OC)c(OCc2ccc(Cl)c(Cl)c2)cc1Br. The number of aryl methyl sites for hydroxylation is 1. The van der Waals surface area contributed by atoms with Crippen LogP contribution in [0.4, 0.5) is 0 Å². The van der Waals surface area contributed by atoms with Crippen LogP contribution >= 0.6 is 51.3 Å². The molecule has 0 saturated carbocycles. The molecule has 0 atom stereocenters. The van der Waals surface area contributed by atoms with E-state index in [1.165, 1.54) is 0 Å². The number of halogens is 3. The Labute approximate surface area is 192 Å². The molecule has 1 aromatic heterocycles. The molecule has 0 fully saturated rings. The second-order valence-corrected chi connectivity index (χ2v) is 8.16. The topological polar surface area (TPSA) is 64.1 Å². The first-order valence-electron chi connectivity index (χ1n) is 8.76. The van der Waals surface area contributed by atoms with E-state index in [1.54, 1.807) is 23.9 Å². The molecule has 29 heavy (non-hydrogen) atoms. The predicted molar refractivity (Wildman–Crippen MR) is 121 cm³/mol. The minimum absolute atomic E-state index is 0.335. The Morgan fingerprint density at radius 2 is 2.00 bits per heavy atom. The molecular weight excluding hydrogens is 499 g/mol. The monoisotopic (exact) mass is 516 g/mol. The Kier molecular flexibility index (Phi) is 7.45. The second-order valence-electron chi connectivity index (χ2n) is 6.10. The fourth-order valence-electron chi connectivity index (χ4n) is 2.67. The van der Waals surface area contributed by atoms with E-state index in [1.807, 2.05) is 25.1 Å². The van der Waals surface area contributed by atoms with Crippen molar-refractivity contribution in [3.8, 4) is 11.5 Å². The molecule has 0 aliphatic carbocycles. The Morgan fingerprint density at radius 1 is 1.21 bits per heavy atom. The molecule has 1 heterocycles. The van der Waals surface area contributed by atoms with Crippen LogP contribution in [-0.2, 0) is 19.6 Å². The third-order valence-corrected chi connectivity index (χ3v) is 5.95. The standard InChI is InChI=1S/C19H19BrCl2N4O2S/c1-3-18-24-25-19(29)26(18)23-9-12-7-16(27-2)17(8-13(12)20)28-10-11-4-5-14(21)15(22)6-11/h4-8,23H,3,9-10H2,1-2H3,(H,25,29). The van der Waals surface area contributed by atoms with E-state index in [0.29, 0.717) is 39.5 Å². The maximum atomic E-state index is 6.07. The van der Waals surface area contributed by atoms with Crippen molar-refractivity contribution in [1.29, 1.82) is 0 Å². The molecule has 0 radical (unpaired) electrons. The van der Waals surface area contributed by atoms with Gasteiger partial charge in [0.2, 0.25) is 4.77 Å². The number of nitrogens with zero attached hydrogens (tertiary/aromatic N) is 2. The van der Waals surface area contributed by atoms with Crippen LogP contribution in [0.2, 0.25) is 10.0 Å². The van der Waals surface area contributed by atoms with Gasteiger partial charge in [-0.25, -0.2) is 4.68 Å². The van der Waals surface area contributed by atoms with Crippen molar-refractivity contribution in [1.82, 2.24) is 14.9 Å². The van der Waals surface area contributed by atoms with Crippen molar-refractivity contribution in [3.05, 3.63) is 66.6 Å². The molecule has 0 amide bonds. The van der Waals surface area contributed by atoms with E-state index in [9.17, 15) is 0 Å². The number of ether oxygens (including phenoxy) is 2. The number of aromatic amines is 1. The molecule has 0 aliphatic rings. The lowest BCUT2D eigenvalue weighted by Crippen LogP contribution is -2.17. The fourth-order valence-corrected chi connectivity index (χ4v) is 3.67. The maximum absolute atomic E-state index is 6.07. The molecule has 3 rings (SSSR count). The average molecular weight is 518 g/mol. The van der Waals surface area contributed by atoms with Crippen molar-refractivity contribution in [3.63, 3.8) is 0 Å². The lowest BCUT2D eigenvalue weighted by Gasteiger charge is -2.15. The largest absolute Gasteiger partial charge is 0.493 e. The lowest BCUT2D eigenvalue weighted by atomic mass is 10.2. The van der Waals surface area contributed by atoms with Gasteiger partial charge in [0.1, 0.15) is 6.61 Å². The Balaban J connectivity index is 1.75. The zero-order valence-electron chi connectivity index (χ0n) is 15.8. The van der Waals surface area contributed by atoms with E-state index < -0.39 is 0 Å². The molecule has 0 aliphatic heterocycles. The van der Waals surface area contributed by atoms with Crippen molar-refractivity contribution in [2.75, 3.05) is 12.5 Å². The van der Waals surface area contributed by atoms with Gasteiger partial charge >= 0.3 is 0 Å². The van der Waals surface area contributed by atoms with Gasteiger partial charge in [-0.1, -0.05) is 52.1 Å². The first kappa shape index (κ1) is 22.0. The number of benzene rings is 2. The lowest BCUT2D eigenvalue weighted by molar-refractivity contribution is 0.284. The smallest absolute Gasteiger partial charge is 0.214 e. The first-order valence-corrected chi connectivity index (χ1v) is 10.7. The van der Waals surface area contributed by atoms with E-state index in [4.69, 9.17) is 44.9 Å². The van der Waals surface area contributed by atoms with Gasteiger partial charge in [0.15, 0.2) is 17.3 Å². The average Bonchev–Trinajstić information content (AvgIpc) is 3.07. The van der Waals surface area contributed by atoms with Gasteiger partial charge < -0.3 is 14.9 Å². The normalized spacial score (nSPS) is 10.8. The number of aromatic nitrogens is 3. The van der Waals surface area contributed by atoms with E-state index in [0.717, 1.165) is 27.8 Å². The first-order chi connectivity index (χ1) is 13.9. The third-order valence-electron chi connectivity index (χ3n) is 4.20. The van der Waals surface area contributed by atoms with Gasteiger partial charge in [-0.15, -0.1) is 0 Å². The van der Waals surface area contributed by atoms with E-state index in [-0.39, 0.29) is 0 Å². The summed E-state index contributed by atoms with van der Waals surface area (Å²) in [7, 11) is 1.60. The second kappa shape index (κ2) is 9.84. The zero-order valence-corrected chi connectivity index (χ0v) is 19.7. The van der Waals surface area contributed by atoms with Crippen molar-refractivity contribution < 1.29 is 9.47 Å². The van der Waals surface area contributed by atoms with E-state index >= 15 is 0 Å². The van der Waals surface area contributed by atoms with Crippen molar-refractivity contribution in [2.45, 2.75) is 26.5 Å². The molecule has 0 spiro atoms. The van der Waals surface area contributed by atoms with Crippen LogP contribution in [0.5, 0.6) is 11.5 Å². The van der Waals surface area contributed by atoms with Crippen LogP contribution in [0.15, 0.2) is 34.8 Å². The summed E-state index contributed by atoms with van der Waals surface area (Å²) >= 11 is 20.9. The maximum Gasteiger partial charge on any atom is 0.214 e. The molecule has 0 bridgehead atoms. The highest BCUT2D eigenvalue weighted by atomic mass is 79.9. The zero-order chi connectivity index (χ0) is 21.0. The molecule has 3 aromatic rings. The Hall–Kier alpha value is -1.74. The summed E-state index contributed by atoms with van der Waals surface area (Å²) in [6, 6.07) is 9.19. The fraction of sp³-hybridized carbons (Fsp3) is 0.263. The summed E-state index contributed by atoms with van der Waals surface area (Å²) in [5.74, 6) is 2.07. The molecule has 2 aromatic carbocycles. The van der Waals surface area contributed by atoms with Crippen LogP contribution in [0.25, 0.3) is 0 Å². The van der Waals surface area contributed by atoms with Gasteiger partial charge in [-0.3, -0.25) is 5.10 Å². The Bertz CT molecular complexity index is 1070. The summed E-state index contributed by atoms with van der Waals surface area (Å²) in [6.45, 7) is 2.87. The van der Waals surface area contributed by atoms with Crippen LogP contribution in [-0.4, -0.2) is 22.0 Å². The summed E-state index contributed by atoms with van der Waals surface area (Å²) in [5, 5.41) is 7.98. The quantitative estimate of drug-likeness (QED) is 0.364. The summed E-state index contributed by atoms with van der Waals surface area (Å²) in [6.07, 6.45) is 0.756. The van der Waals surface area contributed by atoms with Gasteiger partial charge in [-0.05, 0) is 47.6 Å². The molecule has 0 saturated heterocycles. The number of nitrogens with one attached hydrogen (secondary N) is 2. The molecule has 6 nitrogen and oxygen atoms in total. The number of rotatable bonds is 8. The van der Waals surface area contributed by atoms with Gasteiger partial charge in [-0.2, -0.15) is 5.10 Å². The number of H-pyrrole nitrogens is 1. The minimum Gasteiger partial charge on any atom is -0.493 e. The minimum atomic E-state index is 0.335. The van der Waals surface area contributed by atoms with E-state index in [2.05, 4.69) is 31.6 Å². The molecule has 2 N–H and O–H groups in total. The summed E-state index contributed by atoms with van der Waals surface area (Å²) in [4.78, 5) is 0. The number of hydrogen-bond donors (Lipinski definition) is 2. The molecule has 0 unspecified atom stereocenters. The van der Waals surface area contributed by atoms with Crippen LogP contribution < -0.4 is 14.9 Å². The number of methoxy groups -OCH3 is 1. The Morgan fingerprint density at radius 3 is 2.69 bits per heavy atom. The third kappa shape index (κ3) is 5.25. The van der Waals surface area contributed by atoms with Gasteiger partial charge in [0.05, 0.1) is 23.7 Å². The van der Waals surface area contributed by atoms with Crippen molar-refractivity contribution in [2.24, 2.45) is 0 Å². The van der Waals surface area contributed by atoms with Crippen LogP contribution in [0.3, 0.4) is 0 Å². The highest BCUT2D eigenvalue weighted by Crippen LogP contribution is 2.34. The highest BCUT2D eigenvalue weighted by Gasteiger charge is 2.12. The summed E-state index contributed by atoms with van der Waals surface area (Å²) < 4.78 is 14.6. The highest BCUT2D eigenvalue weighted by molar-refractivity contribution is 9.10. The molecule has 10 heteroatoms. The van der Waals surface area contributed by atoms with Gasteiger partial charge in [0, 0.05) is 10.9 Å². The summed E-state index contributed by atoms with van der Waals surface area (Å²) in [5.41, 5.74) is 5.16. The van der Waals surface area contributed by atoms with Crippen LogP contribution in [0.1, 0.15) is 23.9 Å². The van der Waals surface area contributed by atoms with Crippen molar-refractivity contribution >= 4 is 51.3 Å². The predicted octanol–water partition coefficient (Wildman–Crippen LogP) is 5.90.